The quantitative estimate of drug-likeness (QED) is 0.834. The average molecular weight is 368 g/mol. The lowest BCUT2D eigenvalue weighted by Gasteiger charge is -2.23. The smallest absolute Gasteiger partial charge is 0.254 e. The number of halogens is 1. The van der Waals surface area contributed by atoms with Gasteiger partial charge in [0, 0.05) is 31.7 Å². The number of rotatable bonds is 3. The first-order valence-corrected chi connectivity index (χ1v) is 9.33. The summed E-state index contributed by atoms with van der Waals surface area (Å²) < 4.78 is 13.3. The van der Waals surface area contributed by atoms with Crippen molar-refractivity contribution in [1.82, 2.24) is 9.80 Å². The Morgan fingerprint density at radius 2 is 1.70 bits per heavy atom. The molecule has 1 fully saturated rings. The summed E-state index contributed by atoms with van der Waals surface area (Å²) in [6.07, 6.45) is 0.925. The Labute approximate surface area is 159 Å². The van der Waals surface area contributed by atoms with Gasteiger partial charge in [-0.05, 0) is 49.6 Å². The van der Waals surface area contributed by atoms with Crippen molar-refractivity contribution >= 4 is 11.8 Å². The molecule has 0 bridgehead atoms. The SMILES string of the molecule is Cc1ccc(C)c(C(=O)N2CCCN(C(=O)Cc3cccc(F)c3)CC2)c1. The highest BCUT2D eigenvalue weighted by atomic mass is 19.1. The summed E-state index contributed by atoms with van der Waals surface area (Å²) in [4.78, 5) is 29.1. The molecular formula is C22H25FN2O2. The zero-order valence-electron chi connectivity index (χ0n) is 15.9. The third-order valence-corrected chi connectivity index (χ3v) is 5.00. The van der Waals surface area contributed by atoms with E-state index in [0.29, 0.717) is 31.7 Å². The highest BCUT2D eigenvalue weighted by Crippen LogP contribution is 2.16. The Morgan fingerprint density at radius 1 is 0.963 bits per heavy atom. The molecule has 0 aliphatic carbocycles. The number of benzene rings is 2. The minimum Gasteiger partial charge on any atom is -0.341 e. The molecule has 0 radical (unpaired) electrons. The number of aryl methyl sites for hydroxylation is 2. The van der Waals surface area contributed by atoms with Gasteiger partial charge in [0.1, 0.15) is 5.82 Å². The number of hydrogen-bond acceptors (Lipinski definition) is 2. The highest BCUT2D eigenvalue weighted by molar-refractivity contribution is 5.96. The first kappa shape index (κ1) is 19.1. The van der Waals surface area contributed by atoms with E-state index in [0.717, 1.165) is 23.1 Å². The van der Waals surface area contributed by atoms with Crippen molar-refractivity contribution < 1.29 is 14.0 Å². The molecule has 0 unspecified atom stereocenters. The number of nitrogens with zero attached hydrogens (tertiary/aromatic N) is 2. The van der Waals surface area contributed by atoms with Gasteiger partial charge in [0.05, 0.1) is 6.42 Å². The van der Waals surface area contributed by atoms with Gasteiger partial charge in [0.15, 0.2) is 0 Å². The van der Waals surface area contributed by atoms with Crippen LogP contribution >= 0.6 is 0 Å². The van der Waals surface area contributed by atoms with E-state index in [4.69, 9.17) is 0 Å². The average Bonchev–Trinajstić information content (AvgIpc) is 2.89. The van der Waals surface area contributed by atoms with Crippen LogP contribution in [-0.2, 0) is 11.2 Å². The molecule has 2 amide bonds. The van der Waals surface area contributed by atoms with E-state index in [1.807, 2.05) is 36.9 Å². The van der Waals surface area contributed by atoms with Gasteiger partial charge in [0.2, 0.25) is 5.91 Å². The zero-order valence-corrected chi connectivity index (χ0v) is 15.9. The topological polar surface area (TPSA) is 40.6 Å². The molecular weight excluding hydrogens is 343 g/mol. The highest BCUT2D eigenvalue weighted by Gasteiger charge is 2.23. The molecule has 1 aliphatic rings. The van der Waals surface area contributed by atoms with Gasteiger partial charge in [-0.15, -0.1) is 0 Å². The maximum absolute atomic E-state index is 13.3. The third-order valence-electron chi connectivity index (χ3n) is 5.00. The van der Waals surface area contributed by atoms with Crippen LogP contribution in [0.2, 0.25) is 0 Å². The second kappa shape index (κ2) is 8.33. The molecule has 3 rings (SSSR count). The molecule has 0 aromatic heterocycles. The van der Waals surface area contributed by atoms with Crippen LogP contribution in [-0.4, -0.2) is 47.8 Å². The fraction of sp³-hybridized carbons (Fsp3) is 0.364. The van der Waals surface area contributed by atoms with Crippen LogP contribution in [0.4, 0.5) is 4.39 Å². The Balaban J connectivity index is 1.64. The van der Waals surface area contributed by atoms with Gasteiger partial charge < -0.3 is 9.80 Å². The fourth-order valence-corrected chi connectivity index (χ4v) is 3.44. The lowest BCUT2D eigenvalue weighted by molar-refractivity contribution is -0.130. The minimum absolute atomic E-state index is 0.0237. The van der Waals surface area contributed by atoms with E-state index >= 15 is 0 Å². The molecule has 0 atom stereocenters. The van der Waals surface area contributed by atoms with E-state index in [9.17, 15) is 14.0 Å². The predicted octanol–water partition coefficient (Wildman–Crippen LogP) is 3.36. The molecule has 142 valence electrons. The fourth-order valence-electron chi connectivity index (χ4n) is 3.44. The maximum Gasteiger partial charge on any atom is 0.254 e. The third kappa shape index (κ3) is 4.73. The lowest BCUT2D eigenvalue weighted by Crippen LogP contribution is -2.38. The molecule has 0 saturated carbocycles. The first-order valence-electron chi connectivity index (χ1n) is 9.33. The van der Waals surface area contributed by atoms with Gasteiger partial charge in [-0.3, -0.25) is 9.59 Å². The Hall–Kier alpha value is -2.69. The van der Waals surface area contributed by atoms with Crippen LogP contribution in [0.3, 0.4) is 0 Å². The summed E-state index contributed by atoms with van der Waals surface area (Å²) in [6.45, 7) is 6.19. The molecule has 2 aromatic carbocycles. The van der Waals surface area contributed by atoms with Crippen molar-refractivity contribution in [2.75, 3.05) is 26.2 Å². The number of carbonyl (C=O) groups is 2. The van der Waals surface area contributed by atoms with Crippen molar-refractivity contribution in [3.63, 3.8) is 0 Å². The summed E-state index contributed by atoms with van der Waals surface area (Å²) in [7, 11) is 0. The van der Waals surface area contributed by atoms with Crippen LogP contribution in [0.25, 0.3) is 0 Å². The van der Waals surface area contributed by atoms with E-state index in [2.05, 4.69) is 0 Å². The van der Waals surface area contributed by atoms with Gasteiger partial charge in [-0.25, -0.2) is 4.39 Å². The monoisotopic (exact) mass is 368 g/mol. The molecule has 1 aliphatic heterocycles. The summed E-state index contributed by atoms with van der Waals surface area (Å²) in [5.41, 5.74) is 3.43. The van der Waals surface area contributed by atoms with Crippen LogP contribution < -0.4 is 0 Å². The standard InChI is InChI=1S/C22H25FN2O2/c1-16-7-8-17(2)20(13-16)22(27)25-10-4-9-24(11-12-25)21(26)15-18-5-3-6-19(23)14-18/h3,5-8,13-14H,4,9-12,15H2,1-2H3. The molecule has 4 nitrogen and oxygen atoms in total. The molecule has 0 spiro atoms. The Kier molecular flexibility index (Phi) is 5.89. The van der Waals surface area contributed by atoms with Crippen molar-refractivity contribution in [3.8, 4) is 0 Å². The summed E-state index contributed by atoms with van der Waals surface area (Å²) in [6, 6.07) is 12.0. The van der Waals surface area contributed by atoms with Crippen LogP contribution in [0.5, 0.6) is 0 Å². The maximum atomic E-state index is 13.3. The van der Waals surface area contributed by atoms with Crippen LogP contribution in [0.1, 0.15) is 33.5 Å². The van der Waals surface area contributed by atoms with Crippen molar-refractivity contribution in [2.45, 2.75) is 26.7 Å². The summed E-state index contributed by atoms with van der Waals surface area (Å²) in [5, 5.41) is 0. The Morgan fingerprint density at radius 3 is 2.48 bits per heavy atom. The Bertz CT molecular complexity index is 850. The van der Waals surface area contributed by atoms with E-state index < -0.39 is 0 Å². The largest absolute Gasteiger partial charge is 0.341 e. The molecule has 27 heavy (non-hydrogen) atoms. The zero-order chi connectivity index (χ0) is 19.4. The summed E-state index contributed by atoms with van der Waals surface area (Å²) >= 11 is 0. The van der Waals surface area contributed by atoms with Gasteiger partial charge >= 0.3 is 0 Å². The van der Waals surface area contributed by atoms with Crippen molar-refractivity contribution in [1.29, 1.82) is 0 Å². The number of hydrogen-bond donors (Lipinski definition) is 0. The lowest BCUT2D eigenvalue weighted by atomic mass is 10.0. The van der Waals surface area contributed by atoms with Crippen LogP contribution in [0.15, 0.2) is 42.5 Å². The normalized spacial score (nSPS) is 14.8. The van der Waals surface area contributed by atoms with Crippen molar-refractivity contribution in [2.24, 2.45) is 0 Å². The van der Waals surface area contributed by atoms with Gasteiger partial charge in [-0.1, -0.05) is 29.8 Å². The summed E-state index contributed by atoms with van der Waals surface area (Å²) in [5.74, 6) is -0.335. The molecule has 1 heterocycles. The van der Waals surface area contributed by atoms with Crippen molar-refractivity contribution in [3.05, 3.63) is 70.5 Å². The van der Waals surface area contributed by atoms with Gasteiger partial charge in [-0.2, -0.15) is 0 Å². The number of amides is 2. The van der Waals surface area contributed by atoms with E-state index in [1.165, 1.54) is 12.1 Å². The minimum atomic E-state index is -0.332. The second-order valence-electron chi connectivity index (χ2n) is 7.15. The molecule has 0 N–H and O–H groups in total. The predicted molar refractivity (Wildman–Crippen MR) is 103 cm³/mol. The molecule has 2 aromatic rings. The first-order chi connectivity index (χ1) is 12.9. The molecule has 1 saturated heterocycles. The van der Waals surface area contributed by atoms with E-state index in [-0.39, 0.29) is 24.1 Å². The van der Waals surface area contributed by atoms with Gasteiger partial charge in [0.25, 0.3) is 5.91 Å². The van der Waals surface area contributed by atoms with Crippen LogP contribution in [0, 0.1) is 19.7 Å². The second-order valence-corrected chi connectivity index (χ2v) is 7.15. The molecule has 5 heteroatoms. The number of carbonyl (C=O) groups excluding carboxylic acids is 2. The van der Waals surface area contributed by atoms with E-state index in [1.54, 1.807) is 17.0 Å².